The quantitative estimate of drug-likeness (QED) is 0.0731. The summed E-state index contributed by atoms with van der Waals surface area (Å²) in [5.41, 5.74) is -2.05. The summed E-state index contributed by atoms with van der Waals surface area (Å²) in [7, 11) is -4.47. The lowest BCUT2D eigenvalue weighted by Crippen LogP contribution is -2.36. The number of anilines is 1. The van der Waals surface area contributed by atoms with Gasteiger partial charge in [-0.3, -0.25) is 14.3 Å². The van der Waals surface area contributed by atoms with Gasteiger partial charge in [-0.1, -0.05) is 74.5 Å². The lowest BCUT2D eigenvalue weighted by Gasteiger charge is -2.33. The Hall–Kier alpha value is -6.34. The summed E-state index contributed by atoms with van der Waals surface area (Å²) in [6.45, 7) is 6.04. The number of hydrogen-bond donors (Lipinski definition) is 3. The Bertz CT molecular complexity index is 2840. The third-order valence-electron chi connectivity index (χ3n) is 11.8. The first-order chi connectivity index (χ1) is 32.5. The summed E-state index contributed by atoms with van der Waals surface area (Å²) in [5, 5.41) is 8.89. The standard InChI is InChI=1S/C48H46F8N5O7P/c1-5-30-13-10-14-31(6-2)41(30)61-42(36-25-60(46(3,4)43(36)59-61)24-32-17-18-33(47(51,52)53)21-37(32)48(54,55)56)35-22-39(50)40(23-38(35)49)57-44(62)58-45(63)66-26-29-15-19-34(20-16-29)68-69(64,65)67-27-28-11-8-7-9-12-28/h7-15,17-23,29H,5-6,16,24-27H2,1-4H3,(H,64,65)(H2,57,58,62,63). The molecule has 3 N–H and O–H groups in total. The Morgan fingerprint density at radius 3 is 2.22 bits per heavy atom. The molecule has 7 rings (SSSR count). The van der Waals surface area contributed by atoms with Crippen LogP contribution in [0.1, 0.15) is 78.8 Å². The number of para-hydroxylation sites is 1. The van der Waals surface area contributed by atoms with E-state index >= 15 is 8.78 Å². The summed E-state index contributed by atoms with van der Waals surface area (Å²) < 4.78 is 145. The van der Waals surface area contributed by atoms with Gasteiger partial charge in [-0.2, -0.15) is 31.4 Å². The van der Waals surface area contributed by atoms with Crippen molar-refractivity contribution in [3.8, 4) is 16.9 Å². The Labute approximate surface area is 391 Å². The number of aromatic nitrogens is 2. The molecule has 2 heterocycles. The molecule has 21 heteroatoms. The predicted molar refractivity (Wildman–Crippen MR) is 237 cm³/mol. The molecule has 0 bridgehead atoms. The molecule has 2 aliphatic rings. The van der Waals surface area contributed by atoms with E-state index in [4.69, 9.17) is 18.9 Å². The van der Waals surface area contributed by atoms with Crippen LogP contribution in [0.2, 0.25) is 0 Å². The Balaban J connectivity index is 1.08. The number of amides is 3. The van der Waals surface area contributed by atoms with E-state index in [0.29, 0.717) is 47.5 Å². The van der Waals surface area contributed by atoms with Gasteiger partial charge in [0, 0.05) is 36.2 Å². The number of nitrogens with zero attached hydrogens (tertiary/aromatic N) is 3. The van der Waals surface area contributed by atoms with Crippen molar-refractivity contribution in [1.82, 2.24) is 20.0 Å². The molecule has 1 aliphatic heterocycles. The van der Waals surface area contributed by atoms with Crippen LogP contribution in [0.4, 0.5) is 50.4 Å². The smallest absolute Gasteiger partial charge is 0.449 e. The second-order valence-corrected chi connectivity index (χ2v) is 18.1. The molecule has 366 valence electrons. The van der Waals surface area contributed by atoms with Crippen LogP contribution in [0.25, 0.3) is 16.9 Å². The van der Waals surface area contributed by atoms with Gasteiger partial charge in [0.1, 0.15) is 17.4 Å². The first-order valence-corrected chi connectivity index (χ1v) is 23.1. The van der Waals surface area contributed by atoms with Crippen LogP contribution >= 0.6 is 7.82 Å². The van der Waals surface area contributed by atoms with Gasteiger partial charge in [-0.15, -0.1) is 0 Å². The van der Waals surface area contributed by atoms with Crippen LogP contribution in [0.3, 0.4) is 0 Å². The fraction of sp³-hybridized carbons (Fsp3) is 0.312. The van der Waals surface area contributed by atoms with Crippen LogP contribution in [0.5, 0.6) is 0 Å². The van der Waals surface area contributed by atoms with Gasteiger partial charge in [0.15, 0.2) is 0 Å². The van der Waals surface area contributed by atoms with Crippen molar-refractivity contribution < 1.29 is 68.0 Å². The maximum Gasteiger partial charge on any atom is 0.527 e. The number of aryl methyl sites for hydroxylation is 2. The van der Waals surface area contributed by atoms with Gasteiger partial charge in [0.2, 0.25) is 0 Å². The van der Waals surface area contributed by atoms with Crippen LogP contribution in [-0.4, -0.2) is 38.3 Å². The number of alkyl halides is 6. The number of urea groups is 1. The van der Waals surface area contributed by atoms with E-state index < -0.39 is 84.3 Å². The van der Waals surface area contributed by atoms with Crippen molar-refractivity contribution in [1.29, 1.82) is 0 Å². The Morgan fingerprint density at radius 1 is 0.899 bits per heavy atom. The summed E-state index contributed by atoms with van der Waals surface area (Å²) in [5.74, 6) is -2.57. The average molecular weight is 988 g/mol. The summed E-state index contributed by atoms with van der Waals surface area (Å²) >= 11 is 0. The summed E-state index contributed by atoms with van der Waals surface area (Å²) in [4.78, 5) is 37.1. The lowest BCUT2D eigenvalue weighted by atomic mass is 9.97. The minimum Gasteiger partial charge on any atom is -0.449 e. The number of imide groups is 1. The molecule has 1 aromatic heterocycles. The number of carbonyl (C=O) groups excluding carboxylic acids is 2. The zero-order chi connectivity index (χ0) is 50.1. The lowest BCUT2D eigenvalue weighted by molar-refractivity contribution is -0.143. The number of phosphoric ester groups is 1. The van der Waals surface area contributed by atoms with Gasteiger partial charge >= 0.3 is 32.3 Å². The van der Waals surface area contributed by atoms with Crippen molar-refractivity contribution >= 4 is 25.6 Å². The minimum atomic E-state index is -5.13. The van der Waals surface area contributed by atoms with Crippen molar-refractivity contribution in [3.63, 3.8) is 0 Å². The van der Waals surface area contributed by atoms with E-state index in [1.165, 1.54) is 16.8 Å². The van der Waals surface area contributed by atoms with Crippen LogP contribution in [0, 0.1) is 17.6 Å². The third-order valence-corrected chi connectivity index (χ3v) is 12.7. The highest BCUT2D eigenvalue weighted by atomic mass is 31.2. The highest BCUT2D eigenvalue weighted by Gasteiger charge is 2.45. The summed E-state index contributed by atoms with van der Waals surface area (Å²) in [6, 6.07) is 15.9. The fourth-order valence-electron chi connectivity index (χ4n) is 8.18. The number of ether oxygens (including phenoxy) is 1. The molecule has 0 saturated heterocycles. The van der Waals surface area contributed by atoms with E-state index in [-0.39, 0.29) is 49.3 Å². The van der Waals surface area contributed by atoms with E-state index in [9.17, 15) is 45.4 Å². The first kappa shape index (κ1) is 50.5. The zero-order valence-corrected chi connectivity index (χ0v) is 38.4. The number of benzene rings is 4. The number of allylic oxidation sites excluding steroid dienone is 2. The topological polar surface area (TPSA) is 144 Å². The van der Waals surface area contributed by atoms with E-state index in [2.05, 4.69) is 5.32 Å². The van der Waals surface area contributed by atoms with E-state index in [1.54, 1.807) is 55.2 Å². The van der Waals surface area contributed by atoms with Crippen molar-refractivity contribution in [2.45, 2.75) is 84.5 Å². The van der Waals surface area contributed by atoms with E-state index in [0.717, 1.165) is 23.3 Å². The van der Waals surface area contributed by atoms with Gasteiger partial charge < -0.3 is 14.6 Å². The van der Waals surface area contributed by atoms with Crippen molar-refractivity contribution in [3.05, 3.63) is 159 Å². The predicted octanol–water partition coefficient (Wildman–Crippen LogP) is 12.3. The number of carbonyl (C=O) groups is 2. The molecule has 5 aromatic rings. The average Bonchev–Trinajstić information content (AvgIpc) is 3.78. The zero-order valence-electron chi connectivity index (χ0n) is 37.5. The number of hydrogen-bond acceptors (Lipinski definition) is 8. The Kier molecular flexibility index (Phi) is 14.6. The molecule has 0 spiro atoms. The maximum absolute atomic E-state index is 16.6. The molecule has 0 saturated carbocycles. The molecule has 12 nitrogen and oxygen atoms in total. The Morgan fingerprint density at radius 2 is 1.59 bits per heavy atom. The van der Waals surface area contributed by atoms with Crippen LogP contribution in [-0.2, 0) is 68.8 Å². The molecule has 1 aliphatic carbocycles. The highest BCUT2D eigenvalue weighted by molar-refractivity contribution is 7.47. The number of rotatable bonds is 14. The minimum absolute atomic E-state index is 0.0463. The molecule has 2 unspecified atom stereocenters. The van der Waals surface area contributed by atoms with Crippen LogP contribution < -0.4 is 10.6 Å². The first-order valence-electron chi connectivity index (χ1n) is 21.6. The molecule has 0 fully saturated rings. The number of fused-ring (bicyclic) bond motifs is 1. The second-order valence-electron chi connectivity index (χ2n) is 16.8. The van der Waals surface area contributed by atoms with Crippen molar-refractivity contribution in [2.75, 3.05) is 11.9 Å². The number of alkyl carbamates (subject to hydrolysis) is 1. The largest absolute Gasteiger partial charge is 0.527 e. The highest BCUT2D eigenvalue weighted by Crippen LogP contribution is 2.49. The molecule has 3 amide bonds. The monoisotopic (exact) mass is 987 g/mol. The van der Waals surface area contributed by atoms with Gasteiger partial charge in [0.05, 0.1) is 52.6 Å². The molecule has 0 radical (unpaired) electrons. The fourth-order valence-corrected chi connectivity index (χ4v) is 8.95. The molecule has 2 atom stereocenters. The van der Waals surface area contributed by atoms with Gasteiger partial charge in [-0.05, 0) is 85.7 Å². The van der Waals surface area contributed by atoms with Gasteiger partial charge in [0.25, 0.3) is 0 Å². The number of halogens is 8. The van der Waals surface area contributed by atoms with Gasteiger partial charge in [-0.25, -0.2) is 32.9 Å². The SMILES string of the molecule is CCc1cccc(CC)c1-n1nc2c(c1-c1cc(F)c(NC(=O)NC(=O)OCC3C=CC(OP(=O)(O)OCc4ccccc4)=CC3)cc1F)CN(Cc1ccc(C(F)(F)F)cc1C(F)(F)F)C2(C)C. The third kappa shape index (κ3) is 11.4. The number of nitrogens with one attached hydrogen (secondary N) is 2. The van der Waals surface area contributed by atoms with Crippen LogP contribution in [0.15, 0.2) is 103 Å². The number of phosphoric acid groups is 1. The second kappa shape index (κ2) is 19.9. The summed E-state index contributed by atoms with van der Waals surface area (Å²) in [6.07, 6.45) is -5.77. The van der Waals surface area contributed by atoms with E-state index in [1.807, 2.05) is 37.4 Å². The molecule has 69 heavy (non-hydrogen) atoms. The molecule has 4 aromatic carbocycles. The molecular formula is C48H46F8N5O7P. The molecular weight excluding hydrogens is 942 g/mol. The maximum atomic E-state index is 16.6. The normalized spacial score (nSPS) is 16.7. The van der Waals surface area contributed by atoms with Crippen molar-refractivity contribution in [2.24, 2.45) is 5.92 Å².